The second-order valence-corrected chi connectivity index (χ2v) is 6.92. The number of fused-ring (bicyclic) bond motifs is 1. The number of thiazole rings is 1. The molecule has 0 saturated carbocycles. The Morgan fingerprint density at radius 2 is 2.24 bits per heavy atom. The zero-order valence-corrected chi connectivity index (χ0v) is 13.3. The summed E-state index contributed by atoms with van der Waals surface area (Å²) in [6.07, 6.45) is 2.02. The molecule has 1 aromatic heterocycles. The second kappa shape index (κ2) is 6.02. The van der Waals surface area contributed by atoms with Crippen molar-refractivity contribution in [3.05, 3.63) is 24.3 Å². The fraction of sp³-hybridized carbons (Fsp3) is 0.500. The van der Waals surface area contributed by atoms with Crippen LogP contribution in [0.5, 0.6) is 0 Å². The molecule has 1 amide bonds. The maximum Gasteiger partial charge on any atom is 0.225 e. The molecule has 21 heavy (non-hydrogen) atoms. The number of carbonyl (C=O) groups is 1. The summed E-state index contributed by atoms with van der Waals surface area (Å²) in [4.78, 5) is 19.2. The first-order chi connectivity index (χ1) is 10.1. The van der Waals surface area contributed by atoms with Crippen LogP contribution in [0.4, 0.5) is 5.13 Å². The number of rotatable bonds is 3. The summed E-state index contributed by atoms with van der Waals surface area (Å²) in [6, 6.07) is 8.40. The molecule has 2 heterocycles. The molecule has 1 aromatic carbocycles. The lowest BCUT2D eigenvalue weighted by molar-refractivity contribution is -0.125. The average Bonchev–Trinajstić information content (AvgIpc) is 2.90. The number of amides is 1. The van der Waals surface area contributed by atoms with Crippen LogP contribution in [0.3, 0.4) is 0 Å². The summed E-state index contributed by atoms with van der Waals surface area (Å²) in [7, 11) is 0. The number of aromatic nitrogens is 1. The van der Waals surface area contributed by atoms with Gasteiger partial charge < -0.3 is 10.2 Å². The summed E-state index contributed by atoms with van der Waals surface area (Å²) < 4.78 is 1.21. The van der Waals surface area contributed by atoms with Gasteiger partial charge in [0.25, 0.3) is 0 Å². The minimum absolute atomic E-state index is 0.0770. The highest BCUT2D eigenvalue weighted by Gasteiger charge is 2.27. The largest absolute Gasteiger partial charge is 0.354 e. The minimum atomic E-state index is 0.0770. The fourth-order valence-corrected chi connectivity index (χ4v) is 3.76. The van der Waals surface area contributed by atoms with E-state index in [0.717, 1.165) is 36.6 Å². The summed E-state index contributed by atoms with van der Waals surface area (Å²) in [5, 5.41) is 4.07. The third-order valence-electron chi connectivity index (χ3n) is 3.78. The van der Waals surface area contributed by atoms with E-state index in [4.69, 9.17) is 4.98 Å². The highest BCUT2D eigenvalue weighted by atomic mass is 32.1. The van der Waals surface area contributed by atoms with Gasteiger partial charge >= 0.3 is 0 Å². The van der Waals surface area contributed by atoms with Gasteiger partial charge in [0.15, 0.2) is 5.13 Å². The number of carbonyl (C=O) groups excluding carboxylic acids is 1. The number of benzene rings is 1. The Morgan fingerprint density at radius 3 is 3.00 bits per heavy atom. The van der Waals surface area contributed by atoms with Gasteiger partial charge in [0.1, 0.15) is 0 Å². The van der Waals surface area contributed by atoms with Gasteiger partial charge in [-0.15, -0.1) is 0 Å². The van der Waals surface area contributed by atoms with E-state index in [1.165, 1.54) is 4.70 Å². The molecule has 5 heteroatoms. The molecule has 1 saturated heterocycles. The fourth-order valence-electron chi connectivity index (χ4n) is 2.76. The second-order valence-electron chi connectivity index (χ2n) is 5.91. The number of nitrogens with zero attached hydrogens (tertiary/aromatic N) is 2. The first kappa shape index (κ1) is 14.3. The maximum atomic E-state index is 12.2. The van der Waals surface area contributed by atoms with Gasteiger partial charge in [-0.25, -0.2) is 4.98 Å². The molecule has 0 aliphatic carbocycles. The van der Waals surface area contributed by atoms with Crippen LogP contribution in [0.25, 0.3) is 10.2 Å². The summed E-state index contributed by atoms with van der Waals surface area (Å²) >= 11 is 1.71. The van der Waals surface area contributed by atoms with Crippen molar-refractivity contribution in [3.8, 4) is 0 Å². The van der Waals surface area contributed by atoms with E-state index in [0.29, 0.717) is 0 Å². The normalized spacial score (nSPS) is 19.2. The van der Waals surface area contributed by atoms with E-state index in [9.17, 15) is 4.79 Å². The average molecular weight is 303 g/mol. The van der Waals surface area contributed by atoms with Crippen LogP contribution < -0.4 is 10.2 Å². The molecular formula is C16H21N3OS. The van der Waals surface area contributed by atoms with Crippen LogP contribution in [0, 0.1) is 5.92 Å². The lowest BCUT2D eigenvalue weighted by Gasteiger charge is -2.32. The van der Waals surface area contributed by atoms with Crippen molar-refractivity contribution in [2.45, 2.75) is 32.7 Å². The maximum absolute atomic E-state index is 12.2. The van der Waals surface area contributed by atoms with Crippen LogP contribution >= 0.6 is 11.3 Å². The number of hydrogen-bond donors (Lipinski definition) is 1. The molecule has 3 rings (SSSR count). The van der Waals surface area contributed by atoms with E-state index in [2.05, 4.69) is 16.3 Å². The minimum Gasteiger partial charge on any atom is -0.354 e. The SMILES string of the molecule is CC(C)NC(=O)C1CCCN(c2nc3ccccc3s2)C1. The summed E-state index contributed by atoms with van der Waals surface area (Å²) in [5.41, 5.74) is 1.05. The van der Waals surface area contributed by atoms with Gasteiger partial charge in [-0.3, -0.25) is 4.79 Å². The number of para-hydroxylation sites is 1. The number of nitrogens with one attached hydrogen (secondary N) is 1. The molecule has 1 atom stereocenters. The lowest BCUT2D eigenvalue weighted by Crippen LogP contribution is -2.44. The molecule has 1 unspecified atom stereocenters. The van der Waals surface area contributed by atoms with Crippen molar-refractivity contribution >= 4 is 32.6 Å². The van der Waals surface area contributed by atoms with Gasteiger partial charge in [0, 0.05) is 19.1 Å². The molecule has 112 valence electrons. The van der Waals surface area contributed by atoms with E-state index in [1.54, 1.807) is 11.3 Å². The number of piperidine rings is 1. The lowest BCUT2D eigenvalue weighted by atomic mass is 9.97. The Balaban J connectivity index is 1.74. The molecule has 1 fully saturated rings. The quantitative estimate of drug-likeness (QED) is 0.948. The van der Waals surface area contributed by atoms with E-state index < -0.39 is 0 Å². The molecule has 0 spiro atoms. The highest BCUT2D eigenvalue weighted by molar-refractivity contribution is 7.22. The molecule has 1 N–H and O–H groups in total. The molecule has 0 radical (unpaired) electrons. The molecule has 1 aliphatic rings. The Kier molecular flexibility index (Phi) is 4.10. The third-order valence-corrected chi connectivity index (χ3v) is 4.87. The predicted molar refractivity (Wildman–Crippen MR) is 87.8 cm³/mol. The Hall–Kier alpha value is -1.62. The van der Waals surface area contributed by atoms with Crippen LogP contribution in [0.1, 0.15) is 26.7 Å². The number of hydrogen-bond acceptors (Lipinski definition) is 4. The van der Waals surface area contributed by atoms with Crippen LogP contribution in [0.2, 0.25) is 0 Å². The topological polar surface area (TPSA) is 45.2 Å². The standard InChI is InChI=1S/C16H21N3OS/c1-11(2)17-15(20)12-6-5-9-19(10-12)16-18-13-7-3-4-8-14(13)21-16/h3-4,7-8,11-12H,5-6,9-10H2,1-2H3,(H,17,20). The monoisotopic (exact) mass is 303 g/mol. The Morgan fingerprint density at radius 1 is 1.43 bits per heavy atom. The van der Waals surface area contributed by atoms with Gasteiger partial charge in [0.05, 0.1) is 16.1 Å². The van der Waals surface area contributed by atoms with E-state index in [-0.39, 0.29) is 17.9 Å². The Labute approximate surface area is 129 Å². The van der Waals surface area contributed by atoms with E-state index in [1.807, 2.05) is 32.0 Å². The van der Waals surface area contributed by atoms with Crippen molar-refractivity contribution in [1.29, 1.82) is 0 Å². The summed E-state index contributed by atoms with van der Waals surface area (Å²) in [6.45, 7) is 5.78. The predicted octanol–water partition coefficient (Wildman–Crippen LogP) is 3.04. The van der Waals surface area contributed by atoms with E-state index >= 15 is 0 Å². The molecule has 2 aromatic rings. The summed E-state index contributed by atoms with van der Waals surface area (Å²) in [5.74, 6) is 0.254. The van der Waals surface area contributed by atoms with Gasteiger partial charge in [-0.1, -0.05) is 23.5 Å². The molecule has 1 aliphatic heterocycles. The van der Waals surface area contributed by atoms with Crippen molar-refractivity contribution in [1.82, 2.24) is 10.3 Å². The zero-order valence-electron chi connectivity index (χ0n) is 12.5. The van der Waals surface area contributed by atoms with Crippen LogP contribution in [-0.4, -0.2) is 30.0 Å². The van der Waals surface area contributed by atoms with Gasteiger partial charge in [0.2, 0.25) is 5.91 Å². The first-order valence-corrected chi connectivity index (χ1v) is 8.36. The Bertz CT molecular complexity index is 604. The van der Waals surface area contributed by atoms with Crippen molar-refractivity contribution in [2.75, 3.05) is 18.0 Å². The smallest absolute Gasteiger partial charge is 0.225 e. The molecular weight excluding hydrogens is 282 g/mol. The first-order valence-electron chi connectivity index (χ1n) is 7.54. The van der Waals surface area contributed by atoms with Crippen LogP contribution in [0.15, 0.2) is 24.3 Å². The van der Waals surface area contributed by atoms with Gasteiger partial charge in [-0.2, -0.15) is 0 Å². The molecule has 4 nitrogen and oxygen atoms in total. The highest BCUT2D eigenvalue weighted by Crippen LogP contribution is 2.31. The van der Waals surface area contributed by atoms with Crippen molar-refractivity contribution < 1.29 is 4.79 Å². The van der Waals surface area contributed by atoms with Crippen molar-refractivity contribution in [3.63, 3.8) is 0 Å². The van der Waals surface area contributed by atoms with Crippen molar-refractivity contribution in [2.24, 2.45) is 5.92 Å². The number of anilines is 1. The van der Waals surface area contributed by atoms with Crippen LogP contribution in [-0.2, 0) is 4.79 Å². The third kappa shape index (κ3) is 3.18. The zero-order chi connectivity index (χ0) is 14.8. The van der Waals surface area contributed by atoms with Gasteiger partial charge in [-0.05, 0) is 38.8 Å². The molecule has 0 bridgehead atoms.